The van der Waals surface area contributed by atoms with E-state index in [-0.39, 0.29) is 11.1 Å². The SMILES string of the molecule is C=C(C#N)/C=C(/F)C(=C)CO. The highest BCUT2D eigenvalue weighted by Crippen LogP contribution is 2.10. The molecule has 0 saturated carbocycles. The van der Waals surface area contributed by atoms with Crippen LogP contribution in [0.25, 0.3) is 0 Å². The lowest BCUT2D eigenvalue weighted by Crippen LogP contribution is -1.88. The maximum absolute atomic E-state index is 12.6. The van der Waals surface area contributed by atoms with Crippen LogP contribution in [-0.4, -0.2) is 11.7 Å². The largest absolute Gasteiger partial charge is 0.392 e. The standard InChI is InChI=1S/C8H8FNO/c1-6(4-10)3-8(9)7(2)5-11/h3,11H,1-2,5H2/b8-3+. The summed E-state index contributed by atoms with van der Waals surface area (Å²) in [6, 6.07) is 1.64. The highest BCUT2D eigenvalue weighted by atomic mass is 19.1. The van der Waals surface area contributed by atoms with Crippen LogP contribution in [0.5, 0.6) is 0 Å². The number of halogens is 1. The van der Waals surface area contributed by atoms with Gasteiger partial charge in [0.15, 0.2) is 0 Å². The molecule has 0 heterocycles. The van der Waals surface area contributed by atoms with Gasteiger partial charge in [-0.1, -0.05) is 13.2 Å². The van der Waals surface area contributed by atoms with E-state index in [1.165, 1.54) is 0 Å². The lowest BCUT2D eigenvalue weighted by atomic mass is 10.2. The Bertz CT molecular complexity index is 247. The van der Waals surface area contributed by atoms with E-state index in [0.717, 1.165) is 6.08 Å². The van der Waals surface area contributed by atoms with Crippen molar-refractivity contribution in [2.45, 2.75) is 0 Å². The zero-order valence-electron chi connectivity index (χ0n) is 5.97. The molecule has 0 aliphatic rings. The Morgan fingerprint density at radius 2 is 2.18 bits per heavy atom. The molecule has 0 rings (SSSR count). The smallest absolute Gasteiger partial charge is 0.129 e. The van der Waals surface area contributed by atoms with Gasteiger partial charge in [-0.25, -0.2) is 4.39 Å². The van der Waals surface area contributed by atoms with Crippen molar-refractivity contribution in [2.24, 2.45) is 0 Å². The van der Waals surface area contributed by atoms with Gasteiger partial charge in [-0.15, -0.1) is 0 Å². The molecule has 0 aromatic heterocycles. The molecule has 0 radical (unpaired) electrons. The van der Waals surface area contributed by atoms with Crippen LogP contribution >= 0.6 is 0 Å². The van der Waals surface area contributed by atoms with Crippen molar-refractivity contribution >= 4 is 0 Å². The molecule has 0 spiro atoms. The average molecular weight is 153 g/mol. The minimum atomic E-state index is -0.709. The van der Waals surface area contributed by atoms with Crippen molar-refractivity contribution in [1.82, 2.24) is 0 Å². The molecule has 3 heteroatoms. The minimum Gasteiger partial charge on any atom is -0.392 e. The molecule has 0 bridgehead atoms. The van der Waals surface area contributed by atoms with E-state index >= 15 is 0 Å². The van der Waals surface area contributed by atoms with Gasteiger partial charge >= 0.3 is 0 Å². The molecule has 58 valence electrons. The van der Waals surface area contributed by atoms with Gasteiger partial charge < -0.3 is 5.11 Å². The van der Waals surface area contributed by atoms with E-state index in [9.17, 15) is 4.39 Å². The van der Waals surface area contributed by atoms with Crippen molar-refractivity contribution in [3.05, 3.63) is 36.2 Å². The summed E-state index contributed by atoms with van der Waals surface area (Å²) >= 11 is 0. The number of hydrogen-bond acceptors (Lipinski definition) is 2. The molecule has 0 amide bonds. The van der Waals surface area contributed by atoms with Gasteiger partial charge in [0.2, 0.25) is 0 Å². The van der Waals surface area contributed by atoms with Gasteiger partial charge in [0.05, 0.1) is 12.7 Å². The first-order valence-electron chi connectivity index (χ1n) is 2.87. The van der Waals surface area contributed by atoms with Gasteiger partial charge in [-0.05, 0) is 6.08 Å². The number of allylic oxidation sites excluding steroid dienone is 2. The monoisotopic (exact) mass is 153 g/mol. The van der Waals surface area contributed by atoms with Crippen molar-refractivity contribution in [2.75, 3.05) is 6.61 Å². The quantitative estimate of drug-likeness (QED) is 0.492. The fourth-order valence-electron chi connectivity index (χ4n) is 0.363. The average Bonchev–Trinajstić information content (AvgIpc) is 2.02. The Morgan fingerprint density at radius 3 is 2.55 bits per heavy atom. The molecular formula is C8H8FNO. The summed E-state index contributed by atoms with van der Waals surface area (Å²) in [5.74, 6) is -0.709. The van der Waals surface area contributed by atoms with Crippen LogP contribution in [0.3, 0.4) is 0 Å². The van der Waals surface area contributed by atoms with Crippen LogP contribution in [-0.2, 0) is 0 Å². The molecule has 0 fully saturated rings. The Balaban J connectivity index is 4.37. The summed E-state index contributed by atoms with van der Waals surface area (Å²) in [6.45, 7) is 5.99. The number of nitrogens with zero attached hydrogens (tertiary/aromatic N) is 1. The third-order valence-electron chi connectivity index (χ3n) is 0.973. The lowest BCUT2D eigenvalue weighted by Gasteiger charge is -1.95. The summed E-state index contributed by atoms with van der Waals surface area (Å²) in [6.07, 6.45) is 0.929. The summed E-state index contributed by atoms with van der Waals surface area (Å²) < 4.78 is 12.6. The zero-order valence-corrected chi connectivity index (χ0v) is 5.97. The Labute approximate surface area is 64.6 Å². The first kappa shape index (κ1) is 9.60. The van der Waals surface area contributed by atoms with E-state index < -0.39 is 12.4 Å². The fraction of sp³-hybridized carbons (Fsp3) is 0.125. The Hall–Kier alpha value is -1.40. The third-order valence-corrected chi connectivity index (χ3v) is 0.973. The van der Waals surface area contributed by atoms with Crippen molar-refractivity contribution in [3.63, 3.8) is 0 Å². The number of rotatable bonds is 3. The number of hydrogen-bond donors (Lipinski definition) is 1. The predicted molar refractivity (Wildman–Crippen MR) is 40.2 cm³/mol. The second-order valence-electron chi connectivity index (χ2n) is 1.89. The third kappa shape index (κ3) is 3.33. The van der Waals surface area contributed by atoms with Crippen LogP contribution in [0.2, 0.25) is 0 Å². The minimum absolute atomic E-state index is 0.00269. The molecule has 0 aromatic carbocycles. The van der Waals surface area contributed by atoms with Crippen molar-refractivity contribution in [3.8, 4) is 6.07 Å². The van der Waals surface area contributed by atoms with E-state index in [1.54, 1.807) is 6.07 Å². The molecule has 1 N–H and O–H groups in total. The first-order valence-corrected chi connectivity index (χ1v) is 2.87. The molecule has 0 atom stereocenters. The number of nitriles is 1. The molecule has 0 aliphatic carbocycles. The van der Waals surface area contributed by atoms with Gasteiger partial charge in [0.1, 0.15) is 5.83 Å². The summed E-state index contributed by atoms with van der Waals surface area (Å²) in [5.41, 5.74) is -0.0569. The summed E-state index contributed by atoms with van der Waals surface area (Å²) in [5, 5.41) is 16.6. The van der Waals surface area contributed by atoms with Crippen LogP contribution in [0, 0.1) is 11.3 Å². The Kier molecular flexibility index (Phi) is 3.86. The van der Waals surface area contributed by atoms with Crippen molar-refractivity contribution < 1.29 is 9.50 Å². The molecule has 11 heavy (non-hydrogen) atoms. The van der Waals surface area contributed by atoms with Gasteiger partial charge in [-0.2, -0.15) is 5.26 Å². The highest BCUT2D eigenvalue weighted by molar-refractivity contribution is 5.36. The fourth-order valence-corrected chi connectivity index (χ4v) is 0.363. The molecule has 0 aliphatic heterocycles. The van der Waals surface area contributed by atoms with Crippen LogP contribution in [0.4, 0.5) is 4.39 Å². The maximum Gasteiger partial charge on any atom is 0.129 e. The van der Waals surface area contributed by atoms with E-state index in [2.05, 4.69) is 13.2 Å². The highest BCUT2D eigenvalue weighted by Gasteiger charge is 1.99. The second kappa shape index (κ2) is 4.42. The topological polar surface area (TPSA) is 44.0 Å². The zero-order chi connectivity index (χ0) is 8.85. The lowest BCUT2D eigenvalue weighted by molar-refractivity contribution is 0.328. The Morgan fingerprint density at radius 1 is 1.64 bits per heavy atom. The predicted octanol–water partition coefficient (Wildman–Crippen LogP) is 1.47. The van der Waals surface area contributed by atoms with E-state index in [4.69, 9.17) is 10.4 Å². The van der Waals surface area contributed by atoms with E-state index in [1.807, 2.05) is 0 Å². The number of aliphatic hydroxyl groups excluding tert-OH is 1. The van der Waals surface area contributed by atoms with E-state index in [0.29, 0.717) is 0 Å². The number of aliphatic hydroxyl groups is 1. The molecule has 0 saturated heterocycles. The molecule has 2 nitrogen and oxygen atoms in total. The van der Waals surface area contributed by atoms with Gasteiger partial charge in [0.25, 0.3) is 0 Å². The normalized spacial score (nSPS) is 10.5. The summed E-state index contributed by atoms with van der Waals surface area (Å²) in [4.78, 5) is 0. The maximum atomic E-state index is 12.6. The van der Waals surface area contributed by atoms with Crippen LogP contribution in [0.1, 0.15) is 0 Å². The molecule has 0 aromatic rings. The van der Waals surface area contributed by atoms with Crippen molar-refractivity contribution in [1.29, 1.82) is 5.26 Å². The first-order chi connectivity index (χ1) is 5.11. The second-order valence-corrected chi connectivity index (χ2v) is 1.89. The van der Waals surface area contributed by atoms with Crippen LogP contribution in [0.15, 0.2) is 36.2 Å². The summed E-state index contributed by atoms with van der Waals surface area (Å²) in [7, 11) is 0. The molecular weight excluding hydrogens is 145 g/mol. The van der Waals surface area contributed by atoms with Gasteiger partial charge in [0, 0.05) is 11.1 Å². The van der Waals surface area contributed by atoms with Gasteiger partial charge in [-0.3, -0.25) is 0 Å². The molecule has 0 unspecified atom stereocenters. The van der Waals surface area contributed by atoms with Crippen LogP contribution < -0.4 is 0 Å².